The molecule has 1 saturated heterocycles. The van der Waals surface area contributed by atoms with E-state index in [1.54, 1.807) is 23.1 Å². The predicted molar refractivity (Wildman–Crippen MR) is 127 cm³/mol. The van der Waals surface area contributed by atoms with Gasteiger partial charge in [-0.15, -0.1) is 6.58 Å². The number of aromatic nitrogens is 2. The van der Waals surface area contributed by atoms with Crippen molar-refractivity contribution in [2.45, 2.75) is 16.6 Å². The molecule has 10 heteroatoms. The molecule has 1 aliphatic heterocycles. The normalized spacial score (nSPS) is 14.8. The number of imidazole rings is 1. The van der Waals surface area contributed by atoms with Gasteiger partial charge in [0.1, 0.15) is 6.07 Å². The van der Waals surface area contributed by atoms with Crippen molar-refractivity contribution in [3.05, 3.63) is 66.7 Å². The van der Waals surface area contributed by atoms with E-state index in [-0.39, 0.29) is 35.2 Å². The summed E-state index contributed by atoms with van der Waals surface area (Å²) in [6.45, 7) is 5.38. The van der Waals surface area contributed by atoms with E-state index < -0.39 is 10.0 Å². The number of allylic oxidation sites excluding steroid dienone is 1. The van der Waals surface area contributed by atoms with Gasteiger partial charge in [-0.1, -0.05) is 42.1 Å². The fraction of sp³-hybridized carbons (Fsp3) is 0.261. The first kappa shape index (κ1) is 23.0. The van der Waals surface area contributed by atoms with E-state index in [0.717, 1.165) is 16.2 Å². The summed E-state index contributed by atoms with van der Waals surface area (Å²) in [7, 11) is -3.79. The molecule has 1 amide bonds. The predicted octanol–water partition coefficient (Wildman–Crippen LogP) is 2.72. The van der Waals surface area contributed by atoms with Crippen molar-refractivity contribution in [1.82, 2.24) is 18.8 Å². The number of benzene rings is 2. The van der Waals surface area contributed by atoms with Crippen LogP contribution >= 0.6 is 11.8 Å². The molecular weight excluding hydrogens is 458 g/mol. The summed E-state index contributed by atoms with van der Waals surface area (Å²) in [5.74, 6) is 0.150. The number of carbonyl (C=O) groups excluding carboxylic acids is 1. The highest BCUT2D eigenvalue weighted by Crippen LogP contribution is 2.25. The van der Waals surface area contributed by atoms with Crippen LogP contribution in [0.15, 0.2) is 71.2 Å². The maximum Gasteiger partial charge on any atom is 0.244 e. The molecule has 0 saturated carbocycles. The Morgan fingerprint density at radius 2 is 1.82 bits per heavy atom. The Bertz CT molecular complexity index is 1340. The molecular formula is C23H23N5O3S2. The molecule has 2 aromatic carbocycles. The number of amides is 1. The van der Waals surface area contributed by atoms with Crippen molar-refractivity contribution in [3.63, 3.8) is 0 Å². The third-order valence-electron chi connectivity index (χ3n) is 5.47. The van der Waals surface area contributed by atoms with Gasteiger partial charge in [0.15, 0.2) is 5.16 Å². The van der Waals surface area contributed by atoms with Gasteiger partial charge in [-0.25, -0.2) is 13.4 Å². The highest BCUT2D eigenvalue weighted by atomic mass is 32.2. The van der Waals surface area contributed by atoms with Crippen LogP contribution in [0.3, 0.4) is 0 Å². The molecule has 2 heterocycles. The van der Waals surface area contributed by atoms with Gasteiger partial charge in [0.2, 0.25) is 15.9 Å². The molecule has 0 radical (unpaired) electrons. The maximum atomic E-state index is 13.0. The highest BCUT2D eigenvalue weighted by Gasteiger charge is 2.31. The lowest BCUT2D eigenvalue weighted by molar-refractivity contribution is -0.129. The SMILES string of the molecule is C=CCn1c(SCC(=O)N2CCN(S(=O)(=O)c3ccccc3C#N)CC2)nc2ccccc21. The van der Waals surface area contributed by atoms with Crippen LogP contribution in [0.2, 0.25) is 0 Å². The molecule has 8 nitrogen and oxygen atoms in total. The van der Waals surface area contributed by atoms with E-state index >= 15 is 0 Å². The van der Waals surface area contributed by atoms with Crippen LogP contribution in [-0.2, 0) is 21.4 Å². The molecule has 0 atom stereocenters. The van der Waals surface area contributed by atoms with Crippen LogP contribution in [0, 0.1) is 11.3 Å². The molecule has 170 valence electrons. The average Bonchev–Trinajstić information content (AvgIpc) is 3.20. The number of hydrogen-bond acceptors (Lipinski definition) is 6. The first-order valence-electron chi connectivity index (χ1n) is 10.4. The second-order valence-electron chi connectivity index (χ2n) is 7.46. The van der Waals surface area contributed by atoms with E-state index in [4.69, 9.17) is 0 Å². The number of carbonyl (C=O) groups is 1. The zero-order chi connectivity index (χ0) is 23.4. The summed E-state index contributed by atoms with van der Waals surface area (Å²) in [4.78, 5) is 19.1. The Balaban J connectivity index is 1.39. The molecule has 3 aromatic rings. The van der Waals surface area contributed by atoms with Crippen molar-refractivity contribution >= 4 is 38.7 Å². The average molecular weight is 482 g/mol. The Hall–Kier alpha value is -3.13. The lowest BCUT2D eigenvalue weighted by atomic mass is 10.2. The molecule has 0 spiro atoms. The number of sulfonamides is 1. The second kappa shape index (κ2) is 9.79. The quantitative estimate of drug-likeness (QED) is 0.380. The minimum atomic E-state index is -3.79. The summed E-state index contributed by atoms with van der Waals surface area (Å²) in [6, 6.07) is 15.9. The number of fused-ring (bicyclic) bond motifs is 1. The fourth-order valence-corrected chi connectivity index (χ4v) is 6.28. The van der Waals surface area contributed by atoms with Gasteiger partial charge in [0.25, 0.3) is 0 Å². The van der Waals surface area contributed by atoms with E-state index in [0.29, 0.717) is 19.6 Å². The van der Waals surface area contributed by atoms with Gasteiger partial charge in [-0.05, 0) is 24.3 Å². The van der Waals surface area contributed by atoms with Gasteiger partial charge in [0.05, 0.1) is 27.2 Å². The lowest BCUT2D eigenvalue weighted by Gasteiger charge is -2.34. The van der Waals surface area contributed by atoms with Crippen LogP contribution in [0.5, 0.6) is 0 Å². The number of nitrogens with zero attached hydrogens (tertiary/aromatic N) is 5. The smallest absolute Gasteiger partial charge is 0.244 e. The first-order valence-corrected chi connectivity index (χ1v) is 12.8. The molecule has 1 aliphatic rings. The number of piperazine rings is 1. The van der Waals surface area contributed by atoms with Crippen LogP contribution in [-0.4, -0.2) is 65.0 Å². The highest BCUT2D eigenvalue weighted by molar-refractivity contribution is 7.99. The second-order valence-corrected chi connectivity index (χ2v) is 10.3. The zero-order valence-electron chi connectivity index (χ0n) is 17.9. The van der Waals surface area contributed by atoms with Crippen LogP contribution in [0.25, 0.3) is 11.0 Å². The molecule has 0 unspecified atom stereocenters. The zero-order valence-corrected chi connectivity index (χ0v) is 19.6. The third-order valence-corrected chi connectivity index (χ3v) is 8.39. The summed E-state index contributed by atoms with van der Waals surface area (Å²) >= 11 is 1.37. The number of nitriles is 1. The molecule has 4 rings (SSSR count). The Kier molecular flexibility index (Phi) is 6.83. The molecule has 33 heavy (non-hydrogen) atoms. The third kappa shape index (κ3) is 4.66. The number of thioether (sulfide) groups is 1. The van der Waals surface area contributed by atoms with Gasteiger partial charge in [0, 0.05) is 32.7 Å². The van der Waals surface area contributed by atoms with Gasteiger partial charge in [-0.2, -0.15) is 9.57 Å². The first-order chi connectivity index (χ1) is 16.0. The number of hydrogen-bond donors (Lipinski definition) is 0. The minimum absolute atomic E-state index is 0.00366. The molecule has 0 N–H and O–H groups in total. The standard InChI is InChI=1S/C23H23N5O3S2/c1-2-11-28-20-9-5-4-8-19(20)25-23(28)32-17-22(29)26-12-14-27(15-13-26)33(30,31)21-10-6-3-7-18(21)16-24/h2-10H,1,11-15,17H2. The van der Waals surface area contributed by atoms with E-state index in [1.165, 1.54) is 28.2 Å². The molecule has 0 aliphatic carbocycles. The molecule has 1 aromatic heterocycles. The van der Waals surface area contributed by atoms with E-state index in [9.17, 15) is 18.5 Å². The van der Waals surface area contributed by atoms with Crippen molar-refractivity contribution in [2.75, 3.05) is 31.9 Å². The van der Waals surface area contributed by atoms with E-state index in [1.807, 2.05) is 34.9 Å². The molecule has 0 bridgehead atoms. The topological polar surface area (TPSA) is 99.3 Å². The maximum absolute atomic E-state index is 13.0. The minimum Gasteiger partial charge on any atom is -0.339 e. The summed E-state index contributed by atoms with van der Waals surface area (Å²) in [6.07, 6.45) is 1.80. The van der Waals surface area contributed by atoms with Crippen molar-refractivity contribution < 1.29 is 13.2 Å². The van der Waals surface area contributed by atoms with Crippen molar-refractivity contribution in [2.24, 2.45) is 0 Å². The Morgan fingerprint density at radius 3 is 2.55 bits per heavy atom. The number of rotatable bonds is 7. The van der Waals surface area contributed by atoms with Crippen LogP contribution in [0.1, 0.15) is 5.56 Å². The number of para-hydroxylation sites is 2. The lowest BCUT2D eigenvalue weighted by Crippen LogP contribution is -2.51. The largest absolute Gasteiger partial charge is 0.339 e. The Morgan fingerprint density at radius 1 is 1.12 bits per heavy atom. The summed E-state index contributed by atoms with van der Waals surface area (Å²) in [5.41, 5.74) is 1.98. The monoisotopic (exact) mass is 481 g/mol. The van der Waals surface area contributed by atoms with Crippen molar-refractivity contribution in [3.8, 4) is 6.07 Å². The molecule has 1 fully saturated rings. The summed E-state index contributed by atoms with van der Waals surface area (Å²) < 4.78 is 29.3. The Labute approximate surface area is 197 Å². The van der Waals surface area contributed by atoms with Crippen LogP contribution < -0.4 is 0 Å². The van der Waals surface area contributed by atoms with Crippen LogP contribution in [0.4, 0.5) is 0 Å². The van der Waals surface area contributed by atoms with Gasteiger partial charge in [-0.3, -0.25) is 4.79 Å². The van der Waals surface area contributed by atoms with E-state index in [2.05, 4.69) is 11.6 Å². The van der Waals surface area contributed by atoms with Gasteiger partial charge < -0.3 is 9.47 Å². The summed E-state index contributed by atoms with van der Waals surface area (Å²) in [5, 5.41) is 10.00. The van der Waals surface area contributed by atoms with Gasteiger partial charge >= 0.3 is 0 Å². The fourth-order valence-electron chi connectivity index (χ4n) is 3.79. The van der Waals surface area contributed by atoms with Crippen molar-refractivity contribution in [1.29, 1.82) is 5.26 Å².